The highest BCUT2D eigenvalue weighted by Crippen LogP contribution is 2.62. The second-order valence-electron chi connectivity index (χ2n) is 14.2. The zero-order chi connectivity index (χ0) is 29.0. The number of amides is 1. The third-order valence-electron chi connectivity index (χ3n) is 11.6. The predicted octanol–water partition coefficient (Wildman–Crippen LogP) is 7.18. The molecule has 0 radical (unpaired) electrons. The van der Waals surface area contributed by atoms with Crippen molar-refractivity contribution < 1.29 is 13.7 Å². The second-order valence-corrected chi connectivity index (χ2v) is 15.1. The Morgan fingerprint density at radius 1 is 1.09 bits per heavy atom. The number of pyridine rings is 1. The summed E-state index contributed by atoms with van der Waals surface area (Å²) in [4.78, 5) is 25.9. The van der Waals surface area contributed by atoms with Crippen LogP contribution in [0.4, 0.5) is 10.1 Å². The van der Waals surface area contributed by atoms with Crippen LogP contribution in [0.3, 0.4) is 0 Å². The summed E-state index contributed by atoms with van der Waals surface area (Å²) >= 11 is 3.61. The molecular weight excluding hydrogens is 611 g/mol. The van der Waals surface area contributed by atoms with Gasteiger partial charge in [-0.05, 0) is 122 Å². The van der Waals surface area contributed by atoms with E-state index < -0.39 is 11.6 Å². The molecule has 7 saturated carbocycles. The third-order valence-corrected chi connectivity index (χ3v) is 12.1. The molecule has 1 aromatic carbocycles. The van der Waals surface area contributed by atoms with Crippen LogP contribution in [0, 0.1) is 16.7 Å². The Kier molecular flexibility index (Phi) is 5.62. The van der Waals surface area contributed by atoms with Crippen LogP contribution < -0.4 is 4.90 Å². The summed E-state index contributed by atoms with van der Waals surface area (Å²) in [6, 6.07) is 10.3. The van der Waals surface area contributed by atoms with Gasteiger partial charge >= 0.3 is 0 Å². The summed E-state index contributed by atoms with van der Waals surface area (Å²) < 4.78 is 23.2. The minimum atomic E-state index is -0.863. The fourth-order valence-electron chi connectivity index (χ4n) is 8.80. The maximum atomic E-state index is 14.7. The van der Waals surface area contributed by atoms with Crippen molar-refractivity contribution in [3.8, 4) is 11.1 Å². The van der Waals surface area contributed by atoms with Crippen LogP contribution in [-0.2, 0) is 10.2 Å². The monoisotopic (exact) mass is 644 g/mol. The molecule has 11 rings (SSSR count). The van der Waals surface area contributed by atoms with E-state index in [9.17, 15) is 9.18 Å². The van der Waals surface area contributed by atoms with Gasteiger partial charge in [-0.25, -0.2) is 13.9 Å². The van der Waals surface area contributed by atoms with E-state index in [2.05, 4.69) is 43.3 Å². The van der Waals surface area contributed by atoms with Crippen LogP contribution in [0.15, 0.2) is 51.9 Å². The van der Waals surface area contributed by atoms with Gasteiger partial charge in [0.25, 0.3) is 0 Å². The number of anilines is 1. The fraction of sp³-hybridized carbons (Fsp3) is 0.545. The number of rotatable bonds is 7. The van der Waals surface area contributed by atoms with Crippen molar-refractivity contribution in [3.63, 3.8) is 0 Å². The Morgan fingerprint density at radius 3 is 2.60 bits per heavy atom. The number of hydrogen-bond donors (Lipinski definition) is 0. The second kappa shape index (κ2) is 9.19. The largest absolute Gasteiger partial charge is 0.339 e. The van der Waals surface area contributed by atoms with Gasteiger partial charge in [0.05, 0.1) is 5.41 Å². The molecule has 1 unspecified atom stereocenters. The van der Waals surface area contributed by atoms with Gasteiger partial charge in [-0.1, -0.05) is 17.3 Å². The first-order chi connectivity index (χ1) is 20.8. The van der Waals surface area contributed by atoms with Crippen molar-refractivity contribution in [3.05, 3.63) is 59.0 Å². The van der Waals surface area contributed by atoms with Gasteiger partial charge in [-0.2, -0.15) is 10.1 Å². The minimum absolute atomic E-state index is 0.0241. The van der Waals surface area contributed by atoms with E-state index in [1.165, 1.54) is 0 Å². The molecule has 222 valence electrons. The zero-order valence-electron chi connectivity index (χ0n) is 24.0. The quantitative estimate of drug-likeness (QED) is 0.212. The van der Waals surface area contributed by atoms with E-state index >= 15 is 0 Å². The van der Waals surface area contributed by atoms with Crippen LogP contribution in [0.1, 0.15) is 88.3 Å². The molecule has 43 heavy (non-hydrogen) atoms. The summed E-state index contributed by atoms with van der Waals surface area (Å²) in [6.45, 7) is 0.657. The molecule has 7 aliphatic rings. The van der Waals surface area contributed by atoms with Crippen LogP contribution in [0.2, 0.25) is 0 Å². The first kappa shape index (κ1) is 26.3. The average Bonchev–Trinajstić information content (AvgIpc) is 3.32. The van der Waals surface area contributed by atoms with E-state index in [1.807, 2.05) is 29.3 Å². The summed E-state index contributed by atoms with van der Waals surface area (Å²) in [7, 11) is 0. The molecule has 0 aliphatic heterocycles. The highest BCUT2D eigenvalue weighted by atomic mass is 79.9. The van der Waals surface area contributed by atoms with Gasteiger partial charge in [-0.15, -0.1) is 0 Å². The van der Waals surface area contributed by atoms with Gasteiger partial charge < -0.3 is 9.42 Å². The topological polar surface area (TPSA) is 89.4 Å². The van der Waals surface area contributed by atoms with Crippen molar-refractivity contribution in [1.29, 1.82) is 0 Å². The molecule has 7 fully saturated rings. The summed E-state index contributed by atoms with van der Waals surface area (Å²) in [5.74, 6) is 2.34. The van der Waals surface area contributed by atoms with Crippen LogP contribution in [-0.4, -0.2) is 43.4 Å². The normalized spacial score (nSPS) is 32.7. The molecule has 1 atom stereocenters. The lowest BCUT2D eigenvalue weighted by Crippen LogP contribution is -2.54. The molecule has 7 aliphatic carbocycles. The lowest BCUT2D eigenvalue weighted by Gasteiger charge is -2.54. The van der Waals surface area contributed by atoms with E-state index in [1.54, 1.807) is 10.8 Å². The van der Waals surface area contributed by atoms with Crippen molar-refractivity contribution in [1.82, 2.24) is 24.7 Å². The predicted molar refractivity (Wildman–Crippen MR) is 161 cm³/mol. The van der Waals surface area contributed by atoms with E-state index in [0.29, 0.717) is 31.7 Å². The molecule has 3 heterocycles. The molecule has 3 aromatic heterocycles. The highest BCUT2D eigenvalue weighted by molar-refractivity contribution is 9.10. The molecule has 0 spiro atoms. The van der Waals surface area contributed by atoms with Gasteiger partial charge in [0, 0.05) is 39.8 Å². The van der Waals surface area contributed by atoms with E-state index in [4.69, 9.17) is 9.51 Å². The lowest BCUT2D eigenvalue weighted by molar-refractivity contribution is -0.132. The summed E-state index contributed by atoms with van der Waals surface area (Å²) in [5.41, 5.74) is 2.97. The number of carbonyl (C=O) groups is 1. The Bertz CT molecular complexity index is 1730. The van der Waals surface area contributed by atoms with Crippen molar-refractivity contribution in [2.45, 2.75) is 88.1 Å². The van der Waals surface area contributed by atoms with Gasteiger partial charge in [-0.3, -0.25) is 4.79 Å². The van der Waals surface area contributed by atoms with E-state index in [-0.39, 0.29) is 22.7 Å². The maximum Gasteiger partial charge on any atom is 0.233 e. The molecule has 10 heteroatoms. The first-order valence-electron chi connectivity index (χ1n) is 15.7. The number of carbonyl (C=O) groups excluding carboxylic acids is 1. The highest BCUT2D eigenvalue weighted by Gasteiger charge is 2.62. The third kappa shape index (κ3) is 4.07. The number of nitrogens with zero attached hydrogens (tertiary/aromatic N) is 6. The first-order valence-corrected chi connectivity index (χ1v) is 16.5. The summed E-state index contributed by atoms with van der Waals surface area (Å²) in [6.07, 6.45) is 12.7. The van der Waals surface area contributed by atoms with Crippen LogP contribution in [0.25, 0.3) is 16.8 Å². The Morgan fingerprint density at radius 2 is 1.88 bits per heavy atom. The Balaban J connectivity index is 1.04. The minimum Gasteiger partial charge on any atom is -0.339 e. The summed E-state index contributed by atoms with van der Waals surface area (Å²) in [5, 5.41) is 8.65. The number of fused-ring (bicyclic) bond motifs is 5. The molecular formula is C33H34BrFN6O2. The van der Waals surface area contributed by atoms with Crippen LogP contribution in [0.5, 0.6) is 0 Å². The smallest absolute Gasteiger partial charge is 0.233 e. The zero-order valence-corrected chi connectivity index (χ0v) is 25.6. The van der Waals surface area contributed by atoms with Crippen molar-refractivity contribution in [2.24, 2.45) is 16.7 Å². The molecule has 1 amide bonds. The maximum absolute atomic E-state index is 14.7. The number of aromatic nitrogens is 5. The lowest BCUT2D eigenvalue weighted by atomic mass is 9.53. The number of alkyl halides is 1. The standard InChI is InChI=1S/C33H34BrFN6O2/c34-23-13-25(28-36-19-37-41(28)17-23)21-2-1-3-24(12-21)40(30(42)33-14-22(15-33)26(35)16-33)18-31-6-9-32(10-7-31,11-8-31)29-38-27(39-43-29)20-4-5-20/h1-3,12-13,17,19-20,22,26H,4-11,14-16,18H2. The fourth-order valence-corrected chi connectivity index (χ4v) is 9.22. The SMILES string of the molecule is O=C(N(CC12CCC(c3nc(C4CC4)no3)(CC1)CC2)c1cccc(-c2cc(Br)cn3ncnc23)c1)C12CC(F)C(C1)C2. The molecule has 4 bridgehead atoms. The average molecular weight is 646 g/mol. The Labute approximate surface area is 257 Å². The van der Waals surface area contributed by atoms with Gasteiger partial charge in [0.15, 0.2) is 11.5 Å². The molecule has 8 nitrogen and oxygen atoms in total. The van der Waals surface area contributed by atoms with Gasteiger partial charge in [0.2, 0.25) is 11.8 Å². The molecule has 0 N–H and O–H groups in total. The van der Waals surface area contributed by atoms with Crippen molar-refractivity contribution >= 4 is 33.2 Å². The van der Waals surface area contributed by atoms with Crippen molar-refractivity contribution in [2.75, 3.05) is 11.4 Å². The number of hydrogen-bond acceptors (Lipinski definition) is 6. The van der Waals surface area contributed by atoms with Gasteiger partial charge in [0.1, 0.15) is 12.5 Å². The van der Waals surface area contributed by atoms with Crippen LogP contribution >= 0.6 is 15.9 Å². The Hall–Kier alpha value is -3.14. The molecule has 0 saturated heterocycles. The number of benzene rings is 1. The molecule has 4 aromatic rings. The van der Waals surface area contributed by atoms with E-state index in [0.717, 1.165) is 90.0 Å². The number of halogens is 2.